The van der Waals surface area contributed by atoms with E-state index >= 15 is 0 Å². The van der Waals surface area contributed by atoms with Gasteiger partial charge in [-0.25, -0.2) is 4.39 Å². The second kappa shape index (κ2) is 6.54. The summed E-state index contributed by atoms with van der Waals surface area (Å²) >= 11 is 0. The molecule has 0 aliphatic rings. The number of nitrogens with one attached hydrogen (secondary N) is 1. The normalized spacial score (nSPS) is 12.0. The van der Waals surface area contributed by atoms with Crippen LogP contribution in [-0.4, -0.2) is 23.5 Å². The van der Waals surface area contributed by atoms with Crippen molar-refractivity contribution in [1.82, 2.24) is 5.32 Å². The number of fused-ring (bicyclic) bond motifs is 1. The van der Waals surface area contributed by atoms with Crippen LogP contribution in [0.4, 0.5) is 4.39 Å². The van der Waals surface area contributed by atoms with E-state index in [0.717, 1.165) is 0 Å². The van der Waals surface area contributed by atoms with Gasteiger partial charge in [0, 0.05) is 11.9 Å². The summed E-state index contributed by atoms with van der Waals surface area (Å²) in [5.41, 5.74) is 0.585. The summed E-state index contributed by atoms with van der Waals surface area (Å²) in [5.74, 6) is -3.13. The van der Waals surface area contributed by atoms with Crippen molar-refractivity contribution >= 4 is 22.8 Å². The van der Waals surface area contributed by atoms with E-state index in [0.29, 0.717) is 10.9 Å². The molecule has 0 aliphatic heterocycles. The first kappa shape index (κ1) is 15.7. The first-order valence-corrected chi connectivity index (χ1v) is 7.30. The SMILES string of the molecule is O=C(NCC(C(=O)O)c1ccccc1)c1cc2cccc(F)c2o1. The van der Waals surface area contributed by atoms with Gasteiger partial charge in [0.2, 0.25) is 0 Å². The number of amides is 1. The van der Waals surface area contributed by atoms with Gasteiger partial charge in [0.15, 0.2) is 17.2 Å². The van der Waals surface area contributed by atoms with Gasteiger partial charge in [-0.1, -0.05) is 42.5 Å². The second-order valence-electron chi connectivity index (χ2n) is 5.28. The molecule has 1 heterocycles. The van der Waals surface area contributed by atoms with Crippen molar-refractivity contribution in [2.45, 2.75) is 5.92 Å². The summed E-state index contributed by atoms with van der Waals surface area (Å²) in [6, 6.07) is 14.4. The minimum atomic E-state index is -1.04. The van der Waals surface area contributed by atoms with Crippen LogP contribution in [-0.2, 0) is 4.79 Å². The monoisotopic (exact) mass is 327 g/mol. The zero-order valence-corrected chi connectivity index (χ0v) is 12.5. The van der Waals surface area contributed by atoms with Gasteiger partial charge in [-0.3, -0.25) is 9.59 Å². The number of furan rings is 1. The van der Waals surface area contributed by atoms with Gasteiger partial charge in [0.25, 0.3) is 5.91 Å². The fourth-order valence-electron chi connectivity index (χ4n) is 2.45. The van der Waals surface area contributed by atoms with Crippen molar-refractivity contribution in [2.24, 2.45) is 0 Å². The molecule has 0 saturated heterocycles. The van der Waals surface area contributed by atoms with Crippen LogP contribution in [0.25, 0.3) is 11.0 Å². The van der Waals surface area contributed by atoms with Crippen LogP contribution in [0.15, 0.2) is 59.0 Å². The molecule has 0 saturated carbocycles. The first-order valence-electron chi connectivity index (χ1n) is 7.30. The minimum absolute atomic E-state index is 0.000457. The zero-order valence-electron chi connectivity index (χ0n) is 12.5. The molecule has 0 aliphatic carbocycles. The number of hydrogen-bond donors (Lipinski definition) is 2. The molecule has 1 atom stereocenters. The van der Waals surface area contributed by atoms with Gasteiger partial charge < -0.3 is 14.8 Å². The van der Waals surface area contributed by atoms with E-state index in [9.17, 15) is 19.1 Å². The molecular formula is C18H14FNO4. The van der Waals surface area contributed by atoms with Crippen LogP contribution in [0.3, 0.4) is 0 Å². The molecule has 1 unspecified atom stereocenters. The maximum atomic E-state index is 13.6. The molecule has 2 aromatic carbocycles. The lowest BCUT2D eigenvalue weighted by Gasteiger charge is -2.13. The second-order valence-corrected chi connectivity index (χ2v) is 5.28. The van der Waals surface area contributed by atoms with E-state index in [4.69, 9.17) is 4.42 Å². The largest absolute Gasteiger partial charge is 0.481 e. The Labute approximate surface area is 136 Å². The number of aliphatic carboxylic acids is 1. The Morgan fingerprint density at radius 3 is 2.54 bits per heavy atom. The molecule has 0 radical (unpaired) electrons. The molecule has 3 aromatic rings. The van der Waals surface area contributed by atoms with Crippen LogP contribution in [0.2, 0.25) is 0 Å². The van der Waals surface area contributed by atoms with Gasteiger partial charge >= 0.3 is 5.97 Å². The van der Waals surface area contributed by atoms with E-state index in [1.54, 1.807) is 36.4 Å². The lowest BCUT2D eigenvalue weighted by Crippen LogP contribution is -2.31. The average Bonchev–Trinajstić information content (AvgIpc) is 3.01. The van der Waals surface area contributed by atoms with Crippen LogP contribution in [0.1, 0.15) is 22.0 Å². The highest BCUT2D eigenvalue weighted by molar-refractivity contribution is 5.96. The highest BCUT2D eigenvalue weighted by Crippen LogP contribution is 2.22. The van der Waals surface area contributed by atoms with E-state index in [2.05, 4.69) is 5.32 Å². The number of rotatable bonds is 5. The maximum absolute atomic E-state index is 13.6. The molecule has 0 bridgehead atoms. The molecule has 2 N–H and O–H groups in total. The Kier molecular flexibility index (Phi) is 4.29. The van der Waals surface area contributed by atoms with Crippen molar-refractivity contribution in [1.29, 1.82) is 0 Å². The van der Waals surface area contributed by atoms with E-state index < -0.39 is 23.6 Å². The van der Waals surface area contributed by atoms with E-state index in [1.807, 2.05) is 0 Å². The zero-order chi connectivity index (χ0) is 17.1. The van der Waals surface area contributed by atoms with Gasteiger partial charge in [-0.15, -0.1) is 0 Å². The van der Waals surface area contributed by atoms with Crippen molar-refractivity contribution in [2.75, 3.05) is 6.54 Å². The quantitative estimate of drug-likeness (QED) is 0.754. The lowest BCUT2D eigenvalue weighted by molar-refractivity contribution is -0.138. The predicted molar refractivity (Wildman–Crippen MR) is 85.3 cm³/mol. The third-order valence-electron chi connectivity index (χ3n) is 3.69. The number of carbonyl (C=O) groups is 2. The average molecular weight is 327 g/mol. The third kappa shape index (κ3) is 3.12. The molecule has 3 rings (SSSR count). The minimum Gasteiger partial charge on any atom is -0.481 e. The Morgan fingerprint density at radius 1 is 1.12 bits per heavy atom. The summed E-state index contributed by atoms with van der Waals surface area (Å²) in [6.45, 7) is -0.0995. The summed E-state index contributed by atoms with van der Waals surface area (Å²) in [6.07, 6.45) is 0. The van der Waals surface area contributed by atoms with Gasteiger partial charge in [-0.05, 0) is 17.7 Å². The Bertz CT molecular complexity index is 888. The van der Waals surface area contributed by atoms with E-state index in [1.165, 1.54) is 18.2 Å². The standard InChI is InChI=1S/C18H14FNO4/c19-14-8-4-7-12-9-15(24-16(12)14)17(21)20-10-13(18(22)23)11-5-2-1-3-6-11/h1-9,13H,10H2,(H,20,21)(H,22,23). The van der Waals surface area contributed by atoms with Crippen molar-refractivity contribution in [3.8, 4) is 0 Å². The van der Waals surface area contributed by atoms with Gasteiger partial charge in [-0.2, -0.15) is 0 Å². The maximum Gasteiger partial charge on any atom is 0.312 e. The Balaban J connectivity index is 1.76. The first-order chi connectivity index (χ1) is 11.6. The van der Waals surface area contributed by atoms with Gasteiger partial charge in [0.1, 0.15) is 0 Å². The molecule has 24 heavy (non-hydrogen) atoms. The third-order valence-corrected chi connectivity index (χ3v) is 3.69. The number of carbonyl (C=O) groups excluding carboxylic acids is 1. The fraction of sp³-hybridized carbons (Fsp3) is 0.111. The molecular weight excluding hydrogens is 313 g/mol. The molecule has 1 aromatic heterocycles. The number of benzene rings is 2. The molecule has 6 heteroatoms. The van der Waals surface area contributed by atoms with Gasteiger partial charge in [0.05, 0.1) is 5.92 Å². The Hall–Kier alpha value is -3.15. The summed E-state index contributed by atoms with van der Waals surface area (Å²) in [7, 11) is 0. The topological polar surface area (TPSA) is 79.5 Å². The number of halogens is 1. The van der Waals surface area contributed by atoms with E-state index in [-0.39, 0.29) is 17.9 Å². The van der Waals surface area contributed by atoms with Crippen LogP contribution >= 0.6 is 0 Å². The smallest absolute Gasteiger partial charge is 0.312 e. The van der Waals surface area contributed by atoms with Crippen LogP contribution in [0.5, 0.6) is 0 Å². The van der Waals surface area contributed by atoms with Crippen molar-refractivity contribution in [3.63, 3.8) is 0 Å². The molecule has 1 amide bonds. The molecule has 5 nitrogen and oxygen atoms in total. The lowest BCUT2D eigenvalue weighted by atomic mass is 9.99. The summed E-state index contributed by atoms with van der Waals surface area (Å²) in [5, 5.41) is 12.3. The summed E-state index contributed by atoms with van der Waals surface area (Å²) in [4.78, 5) is 23.6. The number of carboxylic acids is 1. The Morgan fingerprint density at radius 2 is 1.88 bits per heavy atom. The number of para-hydroxylation sites is 1. The highest BCUT2D eigenvalue weighted by atomic mass is 19.1. The number of carboxylic acid groups (broad SMARTS) is 1. The van der Waals surface area contributed by atoms with Crippen LogP contribution in [0, 0.1) is 5.82 Å². The van der Waals surface area contributed by atoms with Crippen molar-refractivity contribution < 1.29 is 23.5 Å². The molecule has 0 fully saturated rings. The summed E-state index contributed by atoms with van der Waals surface area (Å²) < 4.78 is 18.8. The van der Waals surface area contributed by atoms with Crippen molar-refractivity contribution in [3.05, 3.63) is 71.7 Å². The predicted octanol–water partition coefficient (Wildman–Crippen LogP) is 3.17. The molecule has 122 valence electrons. The highest BCUT2D eigenvalue weighted by Gasteiger charge is 2.22. The van der Waals surface area contributed by atoms with Crippen LogP contribution < -0.4 is 5.32 Å². The fourth-order valence-corrected chi connectivity index (χ4v) is 2.45. The number of hydrogen-bond acceptors (Lipinski definition) is 3. The molecule has 0 spiro atoms.